The van der Waals surface area contributed by atoms with Crippen LogP contribution in [0.2, 0.25) is 0 Å². The van der Waals surface area contributed by atoms with Gasteiger partial charge in [0.15, 0.2) is 0 Å². The van der Waals surface area contributed by atoms with Crippen LogP contribution in [0.15, 0.2) is 66.1 Å². The van der Waals surface area contributed by atoms with Gasteiger partial charge in [-0.25, -0.2) is 15.0 Å². The highest BCUT2D eigenvalue weighted by Gasteiger charge is 2.19. The number of nitrogens with zero attached hydrogens (tertiary/aromatic N) is 5. The van der Waals surface area contributed by atoms with E-state index in [2.05, 4.69) is 20.3 Å². The minimum absolute atomic E-state index is 0.0768. The second-order valence-corrected chi connectivity index (χ2v) is 8.52. The number of aromatic nitrogens is 6. The van der Waals surface area contributed by atoms with Gasteiger partial charge in [0.1, 0.15) is 22.9 Å². The van der Waals surface area contributed by atoms with E-state index in [1.165, 1.54) is 0 Å². The molecule has 36 heavy (non-hydrogen) atoms. The Labute approximate surface area is 206 Å². The van der Waals surface area contributed by atoms with Crippen LogP contribution in [0.4, 0.5) is 5.82 Å². The summed E-state index contributed by atoms with van der Waals surface area (Å²) in [7, 11) is 1.89. The van der Waals surface area contributed by atoms with Gasteiger partial charge in [0.05, 0.1) is 36.1 Å². The third-order valence-electron chi connectivity index (χ3n) is 6.04. The van der Waals surface area contributed by atoms with Crippen molar-refractivity contribution in [3.63, 3.8) is 0 Å². The number of hydrogen-bond donors (Lipinski definition) is 3. The smallest absolute Gasteiger partial charge is 0.224 e. The van der Waals surface area contributed by atoms with E-state index in [1.54, 1.807) is 24.8 Å². The predicted molar refractivity (Wildman–Crippen MR) is 138 cm³/mol. The van der Waals surface area contributed by atoms with Gasteiger partial charge in [-0.3, -0.25) is 9.59 Å². The summed E-state index contributed by atoms with van der Waals surface area (Å²) >= 11 is 0. The largest absolute Gasteiger partial charge is 0.384 e. The van der Waals surface area contributed by atoms with Gasteiger partial charge in [-0.2, -0.15) is 0 Å². The van der Waals surface area contributed by atoms with Gasteiger partial charge in [0, 0.05) is 37.7 Å². The van der Waals surface area contributed by atoms with E-state index in [9.17, 15) is 9.59 Å². The number of benzene rings is 1. The van der Waals surface area contributed by atoms with Crippen molar-refractivity contribution < 1.29 is 4.79 Å². The lowest BCUT2D eigenvalue weighted by Gasteiger charge is -2.15. The lowest BCUT2D eigenvalue weighted by atomic mass is 10.1. The molecule has 0 aliphatic heterocycles. The van der Waals surface area contributed by atoms with E-state index in [-0.39, 0.29) is 17.8 Å². The van der Waals surface area contributed by atoms with Crippen molar-refractivity contribution in [1.82, 2.24) is 34.4 Å². The molecule has 1 amide bonds. The van der Waals surface area contributed by atoms with E-state index in [0.29, 0.717) is 47.0 Å². The summed E-state index contributed by atoms with van der Waals surface area (Å²) in [5.74, 6) is 0.680. The molecule has 0 aliphatic rings. The summed E-state index contributed by atoms with van der Waals surface area (Å²) in [5.41, 5.74) is 10.3. The standard InChI is InChI=1S/C26H26N8O2/c1-3-34-24(27)22(25-28-10-11-29-25)23(36)19-8-9-20(32-26(19)34)17-6-4-16(5-7-17)12-21(35)30-13-18-14-33(2)15-31-18/h4-11,14-15H,3,12-13,27H2,1-2H3,(H,28,29)(H,30,35). The zero-order valence-corrected chi connectivity index (χ0v) is 20.0. The summed E-state index contributed by atoms with van der Waals surface area (Å²) in [6, 6.07) is 11.2. The SMILES string of the molecule is CCn1c(N)c(-c2ncc[nH]2)c(=O)c2ccc(-c3ccc(CC(=O)NCc4cn(C)cn4)cc3)nc21. The van der Waals surface area contributed by atoms with E-state index >= 15 is 0 Å². The number of nitrogens with one attached hydrogen (secondary N) is 2. The van der Waals surface area contributed by atoms with Crippen LogP contribution in [-0.2, 0) is 31.4 Å². The average Bonchev–Trinajstić information content (AvgIpc) is 3.55. The summed E-state index contributed by atoms with van der Waals surface area (Å²) in [5, 5.41) is 3.36. The Kier molecular flexibility index (Phi) is 6.07. The van der Waals surface area contributed by atoms with Crippen LogP contribution in [0.25, 0.3) is 33.7 Å². The van der Waals surface area contributed by atoms with Gasteiger partial charge in [-0.15, -0.1) is 0 Å². The molecular formula is C26H26N8O2. The van der Waals surface area contributed by atoms with Gasteiger partial charge in [-0.05, 0) is 24.6 Å². The summed E-state index contributed by atoms with van der Waals surface area (Å²) in [6.07, 6.45) is 7.08. The Morgan fingerprint density at radius 2 is 1.94 bits per heavy atom. The number of carbonyl (C=O) groups is 1. The Morgan fingerprint density at radius 3 is 2.61 bits per heavy atom. The number of hydrogen-bond acceptors (Lipinski definition) is 6. The van der Waals surface area contributed by atoms with E-state index in [1.807, 2.05) is 59.6 Å². The van der Waals surface area contributed by atoms with E-state index in [4.69, 9.17) is 10.7 Å². The Balaban J connectivity index is 1.39. The monoisotopic (exact) mass is 482 g/mol. The minimum atomic E-state index is -0.215. The molecule has 0 spiro atoms. The maximum atomic E-state index is 13.2. The molecule has 0 radical (unpaired) electrons. The van der Waals surface area contributed by atoms with E-state index < -0.39 is 0 Å². The number of pyridine rings is 2. The molecule has 4 heterocycles. The van der Waals surface area contributed by atoms with Crippen molar-refractivity contribution in [3.8, 4) is 22.6 Å². The zero-order valence-electron chi connectivity index (χ0n) is 20.0. The molecule has 5 rings (SSSR count). The molecule has 0 atom stereocenters. The summed E-state index contributed by atoms with van der Waals surface area (Å²) < 4.78 is 3.66. The number of aryl methyl sites for hydroxylation is 2. The topological polar surface area (TPSA) is 137 Å². The fourth-order valence-corrected chi connectivity index (χ4v) is 4.23. The number of fused-ring (bicyclic) bond motifs is 1. The van der Waals surface area contributed by atoms with E-state index in [0.717, 1.165) is 16.8 Å². The van der Waals surface area contributed by atoms with Crippen LogP contribution < -0.4 is 16.5 Å². The van der Waals surface area contributed by atoms with Crippen LogP contribution in [0, 0.1) is 0 Å². The van der Waals surface area contributed by atoms with Crippen LogP contribution in [0.5, 0.6) is 0 Å². The molecule has 1 aromatic carbocycles. The molecule has 182 valence electrons. The second-order valence-electron chi connectivity index (χ2n) is 8.52. The molecule has 0 unspecified atom stereocenters. The minimum Gasteiger partial charge on any atom is -0.384 e. The van der Waals surface area contributed by atoms with Crippen LogP contribution in [-0.4, -0.2) is 35.0 Å². The van der Waals surface area contributed by atoms with Gasteiger partial charge >= 0.3 is 0 Å². The second kappa shape index (κ2) is 9.49. The average molecular weight is 483 g/mol. The maximum absolute atomic E-state index is 13.2. The zero-order chi connectivity index (χ0) is 25.2. The Hall–Kier alpha value is -4.73. The third kappa shape index (κ3) is 4.36. The molecule has 0 bridgehead atoms. The molecule has 0 aliphatic carbocycles. The number of nitrogen functional groups attached to an aromatic ring is 1. The Morgan fingerprint density at radius 1 is 1.14 bits per heavy atom. The summed E-state index contributed by atoms with van der Waals surface area (Å²) in [4.78, 5) is 41.7. The fourth-order valence-electron chi connectivity index (χ4n) is 4.23. The number of aromatic amines is 1. The quantitative estimate of drug-likeness (QED) is 0.326. The van der Waals surface area contributed by atoms with Crippen molar-refractivity contribution in [2.24, 2.45) is 7.05 Å². The lowest BCUT2D eigenvalue weighted by Crippen LogP contribution is -2.24. The number of H-pyrrole nitrogens is 1. The molecule has 4 N–H and O–H groups in total. The predicted octanol–water partition coefficient (Wildman–Crippen LogP) is 2.65. The first kappa shape index (κ1) is 23.0. The molecule has 0 fully saturated rings. The number of anilines is 1. The van der Waals surface area contributed by atoms with Crippen molar-refractivity contribution in [2.45, 2.75) is 26.4 Å². The maximum Gasteiger partial charge on any atom is 0.224 e. The van der Waals surface area contributed by atoms with Gasteiger partial charge < -0.3 is 25.2 Å². The van der Waals surface area contributed by atoms with Crippen molar-refractivity contribution >= 4 is 22.8 Å². The molecule has 0 saturated heterocycles. The van der Waals surface area contributed by atoms with Crippen molar-refractivity contribution in [1.29, 1.82) is 0 Å². The molecule has 10 heteroatoms. The highest BCUT2D eigenvalue weighted by molar-refractivity contribution is 5.87. The normalized spacial score (nSPS) is 11.2. The highest BCUT2D eigenvalue weighted by Crippen LogP contribution is 2.26. The number of rotatable bonds is 7. The number of nitrogens with two attached hydrogens (primary N) is 1. The van der Waals surface area contributed by atoms with Gasteiger partial charge in [-0.1, -0.05) is 24.3 Å². The molecule has 10 nitrogen and oxygen atoms in total. The van der Waals surface area contributed by atoms with Crippen LogP contribution in [0.3, 0.4) is 0 Å². The van der Waals surface area contributed by atoms with Gasteiger partial charge in [0.25, 0.3) is 0 Å². The Bertz CT molecular complexity index is 1600. The molecule has 4 aromatic heterocycles. The number of amides is 1. The summed E-state index contributed by atoms with van der Waals surface area (Å²) in [6.45, 7) is 2.89. The molecular weight excluding hydrogens is 456 g/mol. The molecule has 0 saturated carbocycles. The first-order chi connectivity index (χ1) is 17.4. The van der Waals surface area contributed by atoms with Crippen LogP contribution in [0.1, 0.15) is 18.2 Å². The number of imidazole rings is 2. The first-order valence-corrected chi connectivity index (χ1v) is 11.6. The third-order valence-corrected chi connectivity index (χ3v) is 6.04. The lowest BCUT2D eigenvalue weighted by molar-refractivity contribution is -0.120. The molecule has 5 aromatic rings. The van der Waals surface area contributed by atoms with Gasteiger partial charge in [0.2, 0.25) is 11.3 Å². The highest BCUT2D eigenvalue weighted by atomic mass is 16.1. The number of carbonyl (C=O) groups excluding carboxylic acids is 1. The van der Waals surface area contributed by atoms with Crippen LogP contribution >= 0.6 is 0 Å². The van der Waals surface area contributed by atoms with Crippen molar-refractivity contribution in [2.75, 3.05) is 5.73 Å². The van der Waals surface area contributed by atoms with Crippen molar-refractivity contribution in [3.05, 3.63) is 82.8 Å². The fraction of sp³-hybridized carbons (Fsp3) is 0.192. The first-order valence-electron chi connectivity index (χ1n) is 11.6.